The van der Waals surface area contributed by atoms with Gasteiger partial charge in [-0.05, 0) is 49.0 Å². The van der Waals surface area contributed by atoms with E-state index in [1.807, 2.05) is 18.2 Å². The molecule has 0 amide bonds. The second-order valence-electron chi connectivity index (χ2n) is 5.59. The number of aliphatic carboxylic acids is 1. The third-order valence-corrected chi connectivity index (χ3v) is 3.79. The first-order valence-corrected chi connectivity index (χ1v) is 7.34. The zero-order valence-corrected chi connectivity index (χ0v) is 12.5. The van der Waals surface area contributed by atoms with Crippen molar-refractivity contribution in [2.75, 3.05) is 7.11 Å². The van der Waals surface area contributed by atoms with Gasteiger partial charge in [0.05, 0.1) is 13.2 Å². The summed E-state index contributed by atoms with van der Waals surface area (Å²) in [4.78, 5) is 10.6. The molecular formula is C17H22O4. The molecule has 0 aliphatic heterocycles. The van der Waals surface area contributed by atoms with Crippen LogP contribution < -0.4 is 9.47 Å². The Hall–Kier alpha value is -1.97. The minimum absolute atomic E-state index is 0.210. The zero-order valence-electron chi connectivity index (χ0n) is 12.5. The number of carboxylic acid groups (broad SMARTS) is 1. The molecule has 1 aliphatic rings. The number of carboxylic acids is 1. The first-order valence-electron chi connectivity index (χ1n) is 7.34. The summed E-state index contributed by atoms with van der Waals surface area (Å²) in [5.74, 6) is 1.09. The van der Waals surface area contributed by atoms with Crippen LogP contribution in [0.4, 0.5) is 0 Å². The molecule has 4 nitrogen and oxygen atoms in total. The van der Waals surface area contributed by atoms with Crippen LogP contribution in [0.3, 0.4) is 0 Å². The van der Waals surface area contributed by atoms with E-state index in [4.69, 9.17) is 14.6 Å². The van der Waals surface area contributed by atoms with Gasteiger partial charge in [-0.1, -0.05) is 19.4 Å². The van der Waals surface area contributed by atoms with Crippen LogP contribution in [0.1, 0.15) is 38.2 Å². The van der Waals surface area contributed by atoms with Crippen LogP contribution in [0.2, 0.25) is 0 Å². The summed E-state index contributed by atoms with van der Waals surface area (Å²) in [5, 5.41) is 8.69. The van der Waals surface area contributed by atoms with E-state index < -0.39 is 5.97 Å². The standard InChI is InChI=1S/C17H22O4/c1-12-4-3-5-14(10-12)21-16-11-13(7-9-17(18)19)6-8-15(16)20-2/h6-9,11-12,14H,3-5,10H2,1-2H3,(H,18,19). The maximum absolute atomic E-state index is 10.6. The van der Waals surface area contributed by atoms with E-state index in [1.54, 1.807) is 13.2 Å². The van der Waals surface area contributed by atoms with Gasteiger partial charge in [-0.25, -0.2) is 4.79 Å². The van der Waals surface area contributed by atoms with E-state index in [1.165, 1.54) is 12.8 Å². The van der Waals surface area contributed by atoms with Crippen molar-refractivity contribution in [3.8, 4) is 11.5 Å². The molecule has 2 rings (SSSR count). The lowest BCUT2D eigenvalue weighted by Gasteiger charge is -2.28. The highest BCUT2D eigenvalue weighted by atomic mass is 16.5. The largest absolute Gasteiger partial charge is 0.493 e. The van der Waals surface area contributed by atoms with Crippen molar-refractivity contribution < 1.29 is 19.4 Å². The molecule has 0 spiro atoms. The lowest BCUT2D eigenvalue weighted by Crippen LogP contribution is -2.24. The highest BCUT2D eigenvalue weighted by molar-refractivity contribution is 5.85. The Kier molecular flexibility index (Phi) is 5.26. The van der Waals surface area contributed by atoms with Gasteiger partial charge in [0, 0.05) is 6.08 Å². The van der Waals surface area contributed by atoms with Crippen molar-refractivity contribution in [2.45, 2.75) is 38.7 Å². The first-order chi connectivity index (χ1) is 10.1. The third-order valence-electron chi connectivity index (χ3n) is 3.79. The molecule has 0 bridgehead atoms. The Bertz CT molecular complexity index is 522. The van der Waals surface area contributed by atoms with E-state index in [0.717, 1.165) is 24.5 Å². The molecule has 4 heteroatoms. The van der Waals surface area contributed by atoms with E-state index in [9.17, 15) is 4.79 Å². The lowest BCUT2D eigenvalue weighted by molar-refractivity contribution is -0.131. The number of hydrogen-bond donors (Lipinski definition) is 1. The fraction of sp³-hybridized carbons (Fsp3) is 0.471. The number of hydrogen-bond acceptors (Lipinski definition) is 3. The molecule has 21 heavy (non-hydrogen) atoms. The Morgan fingerprint density at radius 2 is 2.14 bits per heavy atom. The molecule has 0 heterocycles. The van der Waals surface area contributed by atoms with E-state index in [0.29, 0.717) is 17.4 Å². The van der Waals surface area contributed by atoms with Crippen LogP contribution in [-0.2, 0) is 4.79 Å². The maximum Gasteiger partial charge on any atom is 0.328 e. The number of benzene rings is 1. The van der Waals surface area contributed by atoms with Crippen LogP contribution in [0.5, 0.6) is 11.5 Å². The molecular weight excluding hydrogens is 268 g/mol. The number of methoxy groups -OCH3 is 1. The maximum atomic E-state index is 10.6. The van der Waals surface area contributed by atoms with Crippen LogP contribution in [0.15, 0.2) is 24.3 Å². The van der Waals surface area contributed by atoms with Crippen LogP contribution in [0.25, 0.3) is 6.08 Å². The van der Waals surface area contributed by atoms with Gasteiger partial charge >= 0.3 is 5.97 Å². The average Bonchev–Trinajstić information content (AvgIpc) is 2.45. The van der Waals surface area contributed by atoms with Crippen molar-refractivity contribution in [1.29, 1.82) is 0 Å². The number of ether oxygens (including phenoxy) is 2. The quantitative estimate of drug-likeness (QED) is 0.839. The Labute approximate surface area is 125 Å². The molecule has 1 aromatic carbocycles. The van der Waals surface area contributed by atoms with Gasteiger partial charge in [0.15, 0.2) is 11.5 Å². The number of carbonyl (C=O) groups is 1. The average molecular weight is 290 g/mol. The fourth-order valence-corrected chi connectivity index (χ4v) is 2.72. The Morgan fingerprint density at radius 3 is 2.81 bits per heavy atom. The van der Waals surface area contributed by atoms with Gasteiger partial charge in [0.1, 0.15) is 0 Å². The summed E-state index contributed by atoms with van der Waals surface area (Å²) < 4.78 is 11.4. The molecule has 1 aliphatic carbocycles. The molecule has 1 N–H and O–H groups in total. The van der Waals surface area contributed by atoms with Crippen molar-refractivity contribution in [3.05, 3.63) is 29.8 Å². The molecule has 1 saturated carbocycles. The second-order valence-corrected chi connectivity index (χ2v) is 5.59. The van der Waals surface area contributed by atoms with Crippen LogP contribution in [0, 0.1) is 5.92 Å². The highest BCUT2D eigenvalue weighted by Crippen LogP contribution is 2.33. The van der Waals surface area contributed by atoms with Crippen molar-refractivity contribution in [1.82, 2.24) is 0 Å². The predicted molar refractivity (Wildman–Crippen MR) is 81.7 cm³/mol. The summed E-state index contributed by atoms with van der Waals surface area (Å²) in [5.41, 5.74) is 0.789. The fourth-order valence-electron chi connectivity index (χ4n) is 2.72. The summed E-state index contributed by atoms with van der Waals surface area (Å²) in [7, 11) is 1.61. The van der Waals surface area contributed by atoms with E-state index >= 15 is 0 Å². The highest BCUT2D eigenvalue weighted by Gasteiger charge is 2.21. The molecule has 0 saturated heterocycles. The van der Waals surface area contributed by atoms with Crippen molar-refractivity contribution in [3.63, 3.8) is 0 Å². The van der Waals surface area contributed by atoms with Gasteiger partial charge in [0.25, 0.3) is 0 Å². The van der Waals surface area contributed by atoms with Crippen molar-refractivity contribution in [2.24, 2.45) is 5.92 Å². The minimum atomic E-state index is -0.964. The molecule has 0 aromatic heterocycles. The van der Waals surface area contributed by atoms with E-state index in [2.05, 4.69) is 6.92 Å². The van der Waals surface area contributed by atoms with Crippen LogP contribution in [-0.4, -0.2) is 24.3 Å². The van der Waals surface area contributed by atoms with E-state index in [-0.39, 0.29) is 6.10 Å². The third kappa shape index (κ3) is 4.52. The smallest absolute Gasteiger partial charge is 0.328 e. The number of rotatable bonds is 5. The SMILES string of the molecule is COc1ccc(C=CC(=O)O)cc1OC1CCCC(C)C1. The monoisotopic (exact) mass is 290 g/mol. The van der Waals surface area contributed by atoms with Gasteiger partial charge in [-0.15, -0.1) is 0 Å². The molecule has 2 unspecified atom stereocenters. The Balaban J connectivity index is 2.15. The topological polar surface area (TPSA) is 55.8 Å². The lowest BCUT2D eigenvalue weighted by atomic mass is 9.89. The summed E-state index contributed by atoms with van der Waals surface area (Å²) in [6.45, 7) is 2.25. The molecule has 1 fully saturated rings. The van der Waals surface area contributed by atoms with Gasteiger partial charge in [-0.2, -0.15) is 0 Å². The van der Waals surface area contributed by atoms with Gasteiger partial charge in [0.2, 0.25) is 0 Å². The van der Waals surface area contributed by atoms with Crippen molar-refractivity contribution >= 4 is 12.0 Å². The summed E-state index contributed by atoms with van der Waals surface area (Å²) in [6, 6.07) is 5.45. The minimum Gasteiger partial charge on any atom is -0.493 e. The second kappa shape index (κ2) is 7.16. The van der Waals surface area contributed by atoms with Gasteiger partial charge in [-0.3, -0.25) is 0 Å². The molecule has 1 aromatic rings. The molecule has 0 radical (unpaired) electrons. The molecule has 114 valence electrons. The predicted octanol–water partition coefficient (Wildman–Crippen LogP) is 3.75. The van der Waals surface area contributed by atoms with Gasteiger partial charge < -0.3 is 14.6 Å². The summed E-state index contributed by atoms with van der Waals surface area (Å²) >= 11 is 0. The molecule has 2 atom stereocenters. The first kappa shape index (κ1) is 15.4. The normalized spacial score (nSPS) is 22.2. The Morgan fingerprint density at radius 1 is 1.33 bits per heavy atom. The summed E-state index contributed by atoms with van der Waals surface area (Å²) in [6.07, 6.45) is 7.44. The van der Waals surface area contributed by atoms with Crippen LogP contribution >= 0.6 is 0 Å². The zero-order chi connectivity index (χ0) is 15.2.